The fraction of sp³-hybridized carbons (Fsp3) is 0.667. The minimum absolute atomic E-state index is 0.332. The molecule has 3 rings (SSSR count). The van der Waals surface area contributed by atoms with Gasteiger partial charge in [0.2, 0.25) is 0 Å². The lowest BCUT2D eigenvalue weighted by atomic mass is 9.79. The van der Waals surface area contributed by atoms with Crippen molar-refractivity contribution >= 4 is 0 Å². The van der Waals surface area contributed by atoms with Crippen molar-refractivity contribution in [3.05, 3.63) is 35.4 Å². The first kappa shape index (κ1) is 14.1. The lowest BCUT2D eigenvalue weighted by molar-refractivity contribution is 0.00828. The third-order valence-electron chi connectivity index (χ3n) is 4.80. The largest absolute Gasteiger partial charge is 0.376 e. The molecule has 2 heteroatoms. The summed E-state index contributed by atoms with van der Waals surface area (Å²) >= 11 is 0. The molecule has 3 atom stereocenters. The van der Waals surface area contributed by atoms with Crippen molar-refractivity contribution in [2.24, 2.45) is 5.92 Å². The highest BCUT2D eigenvalue weighted by Crippen LogP contribution is 2.39. The molecule has 0 bridgehead atoms. The Kier molecular flexibility index (Phi) is 4.42. The summed E-state index contributed by atoms with van der Waals surface area (Å²) in [6.07, 6.45) is 5.57. The van der Waals surface area contributed by atoms with Gasteiger partial charge in [-0.3, -0.25) is 0 Å². The van der Waals surface area contributed by atoms with E-state index in [1.165, 1.54) is 30.4 Å². The topological polar surface area (TPSA) is 21.3 Å². The summed E-state index contributed by atoms with van der Waals surface area (Å²) in [5.74, 6) is 1.56. The van der Waals surface area contributed by atoms with Crippen LogP contribution in [0.4, 0.5) is 0 Å². The first-order chi connectivity index (χ1) is 9.79. The highest BCUT2D eigenvalue weighted by molar-refractivity contribution is 5.36. The molecule has 3 unspecified atom stereocenters. The predicted octanol–water partition coefficient (Wildman–Crippen LogP) is 4.03. The maximum absolute atomic E-state index is 6.26. The summed E-state index contributed by atoms with van der Waals surface area (Å²) in [5, 5.41) is 3.64. The van der Waals surface area contributed by atoms with E-state index in [9.17, 15) is 0 Å². The maximum atomic E-state index is 6.26. The van der Waals surface area contributed by atoms with E-state index in [-0.39, 0.29) is 0 Å². The number of nitrogens with one attached hydrogen (secondary N) is 1. The average molecular weight is 273 g/mol. The van der Waals surface area contributed by atoms with E-state index >= 15 is 0 Å². The number of fused-ring (bicyclic) bond motifs is 1. The zero-order valence-corrected chi connectivity index (χ0v) is 12.8. The first-order valence-electron chi connectivity index (χ1n) is 8.23. The summed E-state index contributed by atoms with van der Waals surface area (Å²) in [5.41, 5.74) is 2.95. The summed E-state index contributed by atoms with van der Waals surface area (Å²) in [7, 11) is 0. The van der Waals surface area contributed by atoms with E-state index in [4.69, 9.17) is 4.74 Å². The van der Waals surface area contributed by atoms with E-state index in [1.54, 1.807) is 0 Å². The summed E-state index contributed by atoms with van der Waals surface area (Å²) < 4.78 is 6.26. The van der Waals surface area contributed by atoms with Gasteiger partial charge in [-0.15, -0.1) is 0 Å². The van der Waals surface area contributed by atoms with Crippen LogP contribution in [0.25, 0.3) is 0 Å². The molecule has 1 N–H and O–H groups in total. The number of benzene rings is 1. The van der Waals surface area contributed by atoms with Crippen LogP contribution in [-0.2, 0) is 4.74 Å². The van der Waals surface area contributed by atoms with Crippen LogP contribution in [-0.4, -0.2) is 19.3 Å². The van der Waals surface area contributed by atoms with Gasteiger partial charge in [0, 0.05) is 6.61 Å². The number of rotatable bonds is 6. The molecule has 0 heterocycles. The molecule has 2 aliphatic rings. The van der Waals surface area contributed by atoms with E-state index < -0.39 is 0 Å². The Morgan fingerprint density at radius 3 is 2.65 bits per heavy atom. The van der Waals surface area contributed by atoms with Gasteiger partial charge >= 0.3 is 0 Å². The van der Waals surface area contributed by atoms with Gasteiger partial charge in [0.05, 0.1) is 12.1 Å². The van der Waals surface area contributed by atoms with Crippen molar-refractivity contribution < 1.29 is 4.74 Å². The smallest absolute Gasteiger partial charge is 0.0775 e. The molecule has 2 aliphatic carbocycles. The zero-order chi connectivity index (χ0) is 13.9. The van der Waals surface area contributed by atoms with Gasteiger partial charge in [0.15, 0.2) is 0 Å². The van der Waals surface area contributed by atoms with Crippen molar-refractivity contribution in [1.82, 2.24) is 5.32 Å². The summed E-state index contributed by atoms with van der Waals surface area (Å²) in [4.78, 5) is 0. The Morgan fingerprint density at radius 2 is 1.95 bits per heavy atom. The Bertz CT molecular complexity index is 441. The van der Waals surface area contributed by atoms with Gasteiger partial charge in [0.25, 0.3) is 0 Å². The van der Waals surface area contributed by atoms with E-state index in [2.05, 4.69) is 43.4 Å². The van der Waals surface area contributed by atoms with Crippen molar-refractivity contribution in [2.75, 3.05) is 13.2 Å². The Hall–Kier alpha value is -0.860. The minimum Gasteiger partial charge on any atom is -0.376 e. The molecule has 110 valence electrons. The van der Waals surface area contributed by atoms with Crippen LogP contribution in [0, 0.1) is 5.92 Å². The number of likely N-dealkylation sites (N-methyl/N-ethyl adjacent to an activating group) is 1. The molecule has 1 fully saturated rings. The van der Waals surface area contributed by atoms with Crippen molar-refractivity contribution in [3.8, 4) is 0 Å². The molecule has 0 spiro atoms. The quantitative estimate of drug-likeness (QED) is 0.845. The second-order valence-corrected chi connectivity index (χ2v) is 6.44. The molecule has 1 aromatic rings. The Balaban J connectivity index is 1.72. The summed E-state index contributed by atoms with van der Waals surface area (Å²) in [6, 6.07) is 9.24. The molecular formula is C18H27NO. The monoisotopic (exact) mass is 273 g/mol. The fourth-order valence-electron chi connectivity index (χ4n) is 3.47. The van der Waals surface area contributed by atoms with Crippen LogP contribution in [0.5, 0.6) is 0 Å². The van der Waals surface area contributed by atoms with Crippen LogP contribution in [0.1, 0.15) is 62.6 Å². The third kappa shape index (κ3) is 3.07. The van der Waals surface area contributed by atoms with E-state index in [1.807, 2.05) is 0 Å². The second kappa shape index (κ2) is 6.28. The van der Waals surface area contributed by atoms with Crippen LogP contribution in [0.2, 0.25) is 0 Å². The average Bonchev–Trinajstić information content (AvgIpc) is 3.27. The van der Waals surface area contributed by atoms with Crippen LogP contribution >= 0.6 is 0 Å². The van der Waals surface area contributed by atoms with Crippen LogP contribution < -0.4 is 5.32 Å². The van der Waals surface area contributed by atoms with E-state index in [0.29, 0.717) is 18.1 Å². The Morgan fingerprint density at radius 1 is 1.20 bits per heavy atom. The normalized spacial score (nSPS) is 29.2. The minimum atomic E-state index is 0.332. The lowest BCUT2D eigenvalue weighted by Gasteiger charge is -2.37. The molecular weight excluding hydrogens is 246 g/mol. The summed E-state index contributed by atoms with van der Waals surface area (Å²) in [6.45, 7) is 6.45. The molecule has 1 saturated carbocycles. The highest BCUT2D eigenvalue weighted by atomic mass is 16.5. The molecule has 0 amide bonds. The maximum Gasteiger partial charge on any atom is 0.0775 e. The number of hydrogen-bond acceptors (Lipinski definition) is 2. The molecule has 0 saturated heterocycles. The standard InChI is InChI=1S/C18H27NO/c1-3-19-18-16-7-5-4-6-15(16)13(2)12-17(18)20-11-10-14-8-9-14/h4-7,13-14,17-19H,3,8-12H2,1-2H3. The first-order valence-corrected chi connectivity index (χ1v) is 8.23. The fourth-order valence-corrected chi connectivity index (χ4v) is 3.47. The molecule has 0 aromatic heterocycles. The molecule has 2 nitrogen and oxygen atoms in total. The predicted molar refractivity (Wildman–Crippen MR) is 83.0 cm³/mol. The molecule has 20 heavy (non-hydrogen) atoms. The van der Waals surface area contributed by atoms with Crippen molar-refractivity contribution in [1.29, 1.82) is 0 Å². The van der Waals surface area contributed by atoms with Crippen LogP contribution in [0.15, 0.2) is 24.3 Å². The van der Waals surface area contributed by atoms with Gasteiger partial charge < -0.3 is 10.1 Å². The van der Waals surface area contributed by atoms with Crippen LogP contribution in [0.3, 0.4) is 0 Å². The van der Waals surface area contributed by atoms with Gasteiger partial charge in [0.1, 0.15) is 0 Å². The van der Waals surface area contributed by atoms with Gasteiger partial charge in [-0.25, -0.2) is 0 Å². The second-order valence-electron chi connectivity index (χ2n) is 6.44. The van der Waals surface area contributed by atoms with Gasteiger partial charge in [-0.2, -0.15) is 0 Å². The van der Waals surface area contributed by atoms with E-state index in [0.717, 1.165) is 25.5 Å². The molecule has 1 aromatic carbocycles. The van der Waals surface area contributed by atoms with Crippen molar-refractivity contribution in [3.63, 3.8) is 0 Å². The highest BCUT2D eigenvalue weighted by Gasteiger charge is 2.33. The van der Waals surface area contributed by atoms with Gasteiger partial charge in [-0.1, -0.05) is 51.0 Å². The third-order valence-corrected chi connectivity index (χ3v) is 4.80. The van der Waals surface area contributed by atoms with Crippen molar-refractivity contribution in [2.45, 2.75) is 57.6 Å². The molecule has 0 radical (unpaired) electrons. The number of hydrogen-bond donors (Lipinski definition) is 1. The molecule has 0 aliphatic heterocycles. The SMILES string of the molecule is CCNC1c2ccccc2C(C)CC1OCCC1CC1. The Labute approximate surface area is 122 Å². The zero-order valence-electron chi connectivity index (χ0n) is 12.8. The van der Waals surface area contributed by atoms with Gasteiger partial charge in [-0.05, 0) is 42.3 Å². The lowest BCUT2D eigenvalue weighted by Crippen LogP contribution is -2.38. The number of ether oxygens (including phenoxy) is 1.